The van der Waals surface area contributed by atoms with Crippen molar-refractivity contribution in [3.05, 3.63) is 23.7 Å². The molecule has 21 heavy (non-hydrogen) atoms. The van der Waals surface area contributed by atoms with E-state index in [1.165, 1.54) is 0 Å². The highest BCUT2D eigenvalue weighted by Crippen LogP contribution is 2.26. The molecule has 0 aliphatic heterocycles. The Kier molecular flexibility index (Phi) is 5.22. The van der Waals surface area contributed by atoms with Crippen molar-refractivity contribution in [2.45, 2.75) is 40.2 Å². The molecule has 0 saturated carbocycles. The summed E-state index contributed by atoms with van der Waals surface area (Å²) in [7, 11) is 1.74. The monoisotopic (exact) mass is 309 g/mol. The molecule has 2 aromatic heterocycles. The van der Waals surface area contributed by atoms with E-state index in [9.17, 15) is 0 Å². The summed E-state index contributed by atoms with van der Waals surface area (Å²) in [5.41, 5.74) is 3.04. The first-order chi connectivity index (χ1) is 9.96. The van der Waals surface area contributed by atoms with Crippen LogP contribution < -0.4 is 0 Å². The maximum atomic E-state index is 5.93. The van der Waals surface area contributed by atoms with Crippen LogP contribution in [0.1, 0.15) is 31.8 Å². The molecule has 0 aliphatic rings. The largest absolute Gasteiger partial charge is 0.385 e. The van der Waals surface area contributed by atoms with E-state index in [2.05, 4.69) is 23.4 Å². The first-order valence-electron chi connectivity index (χ1n) is 7.34. The van der Waals surface area contributed by atoms with E-state index in [1.54, 1.807) is 7.11 Å². The lowest BCUT2D eigenvalue weighted by Crippen LogP contribution is -2.23. The van der Waals surface area contributed by atoms with E-state index in [4.69, 9.17) is 21.3 Å². The standard InChI is InChI=1S/C16H24ClN3O/c1-12-5-6-13-15(18-12)20(14(19-13)7-9-17)11-16(2,3)8-10-21-4/h5-6H,7-11H2,1-4H3. The molecule has 0 N–H and O–H groups in total. The average Bonchev–Trinajstić information content (AvgIpc) is 2.74. The fraction of sp³-hybridized carbons (Fsp3) is 0.625. The summed E-state index contributed by atoms with van der Waals surface area (Å²) in [6, 6.07) is 4.04. The van der Waals surface area contributed by atoms with Crippen LogP contribution in [0.5, 0.6) is 0 Å². The van der Waals surface area contributed by atoms with Gasteiger partial charge in [-0.25, -0.2) is 9.97 Å². The van der Waals surface area contributed by atoms with Gasteiger partial charge in [0.05, 0.1) is 0 Å². The molecular formula is C16H24ClN3O. The van der Waals surface area contributed by atoms with Crippen LogP contribution in [0.15, 0.2) is 12.1 Å². The molecule has 0 bridgehead atoms. The molecule has 0 radical (unpaired) electrons. The minimum Gasteiger partial charge on any atom is -0.385 e. The number of halogens is 1. The van der Waals surface area contributed by atoms with Gasteiger partial charge in [0, 0.05) is 38.3 Å². The Hall–Kier alpha value is -1.13. The van der Waals surface area contributed by atoms with Crippen molar-refractivity contribution in [3.8, 4) is 0 Å². The Morgan fingerprint density at radius 1 is 1.29 bits per heavy atom. The number of methoxy groups -OCH3 is 1. The highest BCUT2D eigenvalue weighted by Gasteiger charge is 2.22. The summed E-state index contributed by atoms with van der Waals surface area (Å²) >= 11 is 5.93. The maximum absolute atomic E-state index is 5.93. The third-order valence-electron chi connectivity index (χ3n) is 3.70. The van der Waals surface area contributed by atoms with E-state index in [1.807, 2.05) is 19.1 Å². The average molecular weight is 310 g/mol. The van der Waals surface area contributed by atoms with Crippen LogP contribution in [0.3, 0.4) is 0 Å². The number of alkyl halides is 1. The number of aryl methyl sites for hydroxylation is 2. The summed E-state index contributed by atoms with van der Waals surface area (Å²) in [6.45, 7) is 8.14. The van der Waals surface area contributed by atoms with Crippen molar-refractivity contribution in [1.82, 2.24) is 14.5 Å². The molecule has 5 heteroatoms. The van der Waals surface area contributed by atoms with Crippen LogP contribution in [-0.2, 0) is 17.7 Å². The van der Waals surface area contributed by atoms with E-state index < -0.39 is 0 Å². The van der Waals surface area contributed by atoms with Crippen molar-refractivity contribution >= 4 is 22.8 Å². The molecule has 0 atom stereocenters. The fourth-order valence-corrected chi connectivity index (χ4v) is 2.64. The van der Waals surface area contributed by atoms with E-state index in [0.29, 0.717) is 5.88 Å². The van der Waals surface area contributed by atoms with Gasteiger partial charge < -0.3 is 9.30 Å². The highest BCUT2D eigenvalue weighted by molar-refractivity contribution is 6.17. The normalized spacial score (nSPS) is 12.2. The molecule has 0 fully saturated rings. The van der Waals surface area contributed by atoms with Crippen molar-refractivity contribution in [3.63, 3.8) is 0 Å². The van der Waals surface area contributed by atoms with Gasteiger partial charge in [-0.2, -0.15) is 0 Å². The zero-order valence-electron chi connectivity index (χ0n) is 13.3. The lowest BCUT2D eigenvalue weighted by Gasteiger charge is -2.26. The fourth-order valence-electron chi connectivity index (χ4n) is 2.47. The lowest BCUT2D eigenvalue weighted by atomic mass is 9.89. The molecule has 116 valence electrons. The van der Waals surface area contributed by atoms with Gasteiger partial charge in [0.2, 0.25) is 0 Å². The van der Waals surface area contributed by atoms with Gasteiger partial charge in [0.15, 0.2) is 5.65 Å². The Bertz CT molecular complexity index is 607. The number of pyridine rings is 1. The van der Waals surface area contributed by atoms with Crippen molar-refractivity contribution < 1.29 is 4.74 Å². The number of hydrogen-bond acceptors (Lipinski definition) is 3. The minimum absolute atomic E-state index is 0.121. The molecule has 2 heterocycles. The predicted molar refractivity (Wildman–Crippen MR) is 87.0 cm³/mol. The quantitative estimate of drug-likeness (QED) is 0.734. The van der Waals surface area contributed by atoms with Gasteiger partial charge >= 0.3 is 0 Å². The van der Waals surface area contributed by atoms with Gasteiger partial charge in [-0.05, 0) is 30.9 Å². The minimum atomic E-state index is 0.121. The molecule has 0 unspecified atom stereocenters. The second-order valence-corrected chi connectivity index (χ2v) is 6.63. The van der Waals surface area contributed by atoms with Crippen LogP contribution in [-0.4, -0.2) is 34.1 Å². The SMILES string of the molecule is COCCC(C)(C)Cn1c(CCCl)nc2ccc(C)nc21. The maximum Gasteiger partial charge on any atom is 0.160 e. The third kappa shape index (κ3) is 3.95. The van der Waals surface area contributed by atoms with Crippen LogP contribution >= 0.6 is 11.6 Å². The number of imidazole rings is 1. The first-order valence-corrected chi connectivity index (χ1v) is 7.88. The molecule has 0 amide bonds. The zero-order chi connectivity index (χ0) is 15.5. The summed E-state index contributed by atoms with van der Waals surface area (Å²) in [4.78, 5) is 9.36. The van der Waals surface area contributed by atoms with Gasteiger partial charge in [-0.15, -0.1) is 11.6 Å². The van der Waals surface area contributed by atoms with Crippen LogP contribution in [0, 0.1) is 12.3 Å². The zero-order valence-corrected chi connectivity index (χ0v) is 14.1. The van der Waals surface area contributed by atoms with E-state index in [0.717, 1.165) is 48.7 Å². The van der Waals surface area contributed by atoms with Gasteiger partial charge in [-0.3, -0.25) is 0 Å². The first kappa shape index (κ1) is 16.2. The Labute approximate surface area is 131 Å². The van der Waals surface area contributed by atoms with Crippen molar-refractivity contribution in [2.24, 2.45) is 5.41 Å². The number of nitrogens with zero attached hydrogens (tertiary/aromatic N) is 3. The molecule has 0 spiro atoms. The van der Waals surface area contributed by atoms with Crippen molar-refractivity contribution in [2.75, 3.05) is 19.6 Å². The molecule has 2 aromatic rings. The van der Waals surface area contributed by atoms with Crippen LogP contribution in [0.25, 0.3) is 11.2 Å². The Balaban J connectivity index is 2.39. The highest BCUT2D eigenvalue weighted by atomic mass is 35.5. The number of hydrogen-bond donors (Lipinski definition) is 0. The van der Waals surface area contributed by atoms with Crippen molar-refractivity contribution in [1.29, 1.82) is 0 Å². The van der Waals surface area contributed by atoms with Gasteiger partial charge in [-0.1, -0.05) is 13.8 Å². The Morgan fingerprint density at radius 2 is 2.05 bits per heavy atom. The molecule has 0 aromatic carbocycles. The summed E-state index contributed by atoms with van der Waals surface area (Å²) in [5, 5.41) is 0. The lowest BCUT2D eigenvalue weighted by molar-refractivity contribution is 0.142. The number of rotatable bonds is 7. The second kappa shape index (κ2) is 6.75. The predicted octanol–water partition coefficient (Wildman–Crippen LogP) is 3.58. The number of ether oxygens (including phenoxy) is 1. The smallest absolute Gasteiger partial charge is 0.160 e. The van der Waals surface area contributed by atoms with Gasteiger partial charge in [0.25, 0.3) is 0 Å². The molecular weight excluding hydrogens is 286 g/mol. The summed E-state index contributed by atoms with van der Waals surface area (Å²) in [5.74, 6) is 1.59. The van der Waals surface area contributed by atoms with E-state index in [-0.39, 0.29) is 5.41 Å². The number of aromatic nitrogens is 3. The molecule has 4 nitrogen and oxygen atoms in total. The van der Waals surface area contributed by atoms with Crippen LogP contribution in [0.2, 0.25) is 0 Å². The molecule has 2 rings (SSSR count). The molecule has 0 saturated heterocycles. The van der Waals surface area contributed by atoms with Gasteiger partial charge in [0.1, 0.15) is 11.3 Å². The second-order valence-electron chi connectivity index (χ2n) is 6.26. The summed E-state index contributed by atoms with van der Waals surface area (Å²) < 4.78 is 7.44. The topological polar surface area (TPSA) is 39.9 Å². The number of fused-ring (bicyclic) bond motifs is 1. The van der Waals surface area contributed by atoms with Crippen LogP contribution in [0.4, 0.5) is 0 Å². The Morgan fingerprint density at radius 3 is 2.71 bits per heavy atom. The molecule has 0 aliphatic carbocycles. The van der Waals surface area contributed by atoms with E-state index >= 15 is 0 Å². The summed E-state index contributed by atoms with van der Waals surface area (Å²) in [6.07, 6.45) is 1.76. The third-order valence-corrected chi connectivity index (χ3v) is 3.89.